The van der Waals surface area contributed by atoms with Crippen molar-refractivity contribution in [3.05, 3.63) is 172 Å². The van der Waals surface area contributed by atoms with Gasteiger partial charge in [0.1, 0.15) is 0 Å². The van der Waals surface area contributed by atoms with Crippen LogP contribution in [0, 0.1) is 34.6 Å². The molecule has 0 spiro atoms. The van der Waals surface area contributed by atoms with Crippen LogP contribution in [0.15, 0.2) is 133 Å². The number of fused-ring (bicyclic) bond motifs is 5. The van der Waals surface area contributed by atoms with E-state index in [9.17, 15) is 0 Å². The molecule has 0 aromatic heterocycles. The maximum Gasteiger partial charge on any atom is 0.252 e. The minimum atomic E-state index is 0.0493. The van der Waals surface area contributed by atoms with Gasteiger partial charge < -0.3 is 14.7 Å². The molecular formula is C55H56BN3. The van der Waals surface area contributed by atoms with Gasteiger partial charge in [-0.3, -0.25) is 0 Å². The third-order valence-corrected chi connectivity index (χ3v) is 14.0. The topological polar surface area (TPSA) is 9.72 Å². The van der Waals surface area contributed by atoms with E-state index in [-0.39, 0.29) is 17.5 Å². The van der Waals surface area contributed by atoms with Crippen LogP contribution in [0.1, 0.15) is 92.3 Å². The number of benzene rings is 6. The standard InChI is InChI=1S/C55H56BN3/c1-35-30-38(4)53(39(5)31-35)58-47-24-17-25-48-51(47)56(45-27-26-42(32-49(45)58)57(40-20-12-10-13-21-40)41-22-14-11-15-23-41)46-33-43-44(55(8,9)29-28-54(43,6)7)34-50(46)59(48)52-36(2)18-16-19-37(52)3/h10,12-14,16-27,30-34H,11,15,28-29H2,1-9H3. The summed E-state index contributed by atoms with van der Waals surface area (Å²) in [6.45, 7) is 21.3. The number of hydrogen-bond donors (Lipinski definition) is 0. The first kappa shape index (κ1) is 37.5. The van der Waals surface area contributed by atoms with Crippen LogP contribution in [-0.4, -0.2) is 6.71 Å². The first-order valence-electron chi connectivity index (χ1n) is 21.8. The van der Waals surface area contributed by atoms with Gasteiger partial charge in [-0.05, 0) is 169 Å². The van der Waals surface area contributed by atoms with E-state index >= 15 is 0 Å². The second-order valence-corrected chi connectivity index (χ2v) is 19.0. The van der Waals surface area contributed by atoms with Crippen molar-refractivity contribution in [3.63, 3.8) is 0 Å². The molecule has 0 amide bonds. The smallest absolute Gasteiger partial charge is 0.252 e. The van der Waals surface area contributed by atoms with Gasteiger partial charge in [0, 0.05) is 39.8 Å². The number of rotatable bonds is 5. The van der Waals surface area contributed by atoms with Crippen molar-refractivity contribution in [3.8, 4) is 0 Å². The molecule has 10 rings (SSSR count). The van der Waals surface area contributed by atoms with Gasteiger partial charge in [-0.1, -0.05) is 112 Å². The second-order valence-electron chi connectivity index (χ2n) is 19.0. The van der Waals surface area contributed by atoms with E-state index in [1.165, 1.54) is 119 Å². The van der Waals surface area contributed by atoms with Crippen molar-refractivity contribution in [1.29, 1.82) is 0 Å². The van der Waals surface area contributed by atoms with E-state index in [0.29, 0.717) is 0 Å². The Kier molecular flexibility index (Phi) is 8.69. The monoisotopic (exact) mass is 769 g/mol. The largest absolute Gasteiger partial charge is 0.311 e. The molecule has 2 aliphatic heterocycles. The molecule has 3 nitrogen and oxygen atoms in total. The first-order chi connectivity index (χ1) is 28.3. The molecule has 294 valence electrons. The summed E-state index contributed by atoms with van der Waals surface area (Å²) in [7, 11) is 0. The lowest BCUT2D eigenvalue weighted by Crippen LogP contribution is -2.62. The van der Waals surface area contributed by atoms with Crippen LogP contribution in [0.2, 0.25) is 0 Å². The Hall–Kier alpha value is -5.74. The highest BCUT2D eigenvalue weighted by atomic mass is 15.2. The lowest BCUT2D eigenvalue weighted by molar-refractivity contribution is 0.332. The van der Waals surface area contributed by atoms with Gasteiger partial charge in [-0.25, -0.2) is 0 Å². The molecule has 2 heterocycles. The molecule has 0 N–H and O–H groups in total. The third kappa shape index (κ3) is 5.85. The summed E-state index contributed by atoms with van der Waals surface area (Å²) < 4.78 is 0. The van der Waals surface area contributed by atoms with E-state index in [1.807, 2.05) is 0 Å². The Morgan fingerprint density at radius 3 is 1.75 bits per heavy atom. The highest BCUT2D eigenvalue weighted by Gasteiger charge is 2.47. The van der Waals surface area contributed by atoms with Crippen molar-refractivity contribution in [2.24, 2.45) is 0 Å². The predicted molar refractivity (Wildman–Crippen MR) is 254 cm³/mol. The summed E-state index contributed by atoms with van der Waals surface area (Å²) in [5, 5.41) is 0. The van der Waals surface area contributed by atoms with Crippen molar-refractivity contribution in [2.45, 2.75) is 98.8 Å². The predicted octanol–water partition coefficient (Wildman–Crippen LogP) is 13.0. The average Bonchev–Trinajstić information content (AvgIpc) is 3.21. The van der Waals surface area contributed by atoms with Crippen LogP contribution >= 0.6 is 0 Å². The summed E-state index contributed by atoms with van der Waals surface area (Å²) in [6, 6.07) is 42.1. The minimum Gasteiger partial charge on any atom is -0.311 e. The quantitative estimate of drug-likeness (QED) is 0.161. The zero-order valence-electron chi connectivity index (χ0n) is 36.4. The fraction of sp³-hybridized carbons (Fsp3) is 0.273. The molecule has 0 bridgehead atoms. The minimum absolute atomic E-state index is 0.0493. The van der Waals surface area contributed by atoms with Gasteiger partial charge >= 0.3 is 0 Å². The molecule has 0 saturated carbocycles. The zero-order valence-corrected chi connectivity index (χ0v) is 36.4. The van der Waals surface area contributed by atoms with Gasteiger partial charge in [0.05, 0.1) is 11.4 Å². The average molecular weight is 770 g/mol. The number of hydrogen-bond acceptors (Lipinski definition) is 3. The zero-order chi connectivity index (χ0) is 41.0. The van der Waals surface area contributed by atoms with Crippen LogP contribution in [0.3, 0.4) is 0 Å². The molecular weight excluding hydrogens is 713 g/mol. The van der Waals surface area contributed by atoms with Gasteiger partial charge in [0.15, 0.2) is 0 Å². The molecule has 2 aliphatic carbocycles. The molecule has 0 atom stereocenters. The van der Waals surface area contributed by atoms with Gasteiger partial charge in [-0.15, -0.1) is 0 Å². The fourth-order valence-electron chi connectivity index (χ4n) is 11.1. The van der Waals surface area contributed by atoms with E-state index in [2.05, 4.69) is 204 Å². The van der Waals surface area contributed by atoms with E-state index in [4.69, 9.17) is 0 Å². The molecule has 0 saturated heterocycles. The van der Waals surface area contributed by atoms with Gasteiger partial charge in [0.2, 0.25) is 0 Å². The lowest BCUT2D eigenvalue weighted by Gasteiger charge is -2.48. The molecule has 59 heavy (non-hydrogen) atoms. The fourth-order valence-corrected chi connectivity index (χ4v) is 11.1. The maximum absolute atomic E-state index is 2.65. The number of aryl methyl sites for hydroxylation is 5. The number of allylic oxidation sites excluding steroid dienone is 3. The van der Waals surface area contributed by atoms with Gasteiger partial charge in [-0.2, -0.15) is 0 Å². The molecule has 4 heteroatoms. The van der Waals surface area contributed by atoms with Gasteiger partial charge in [0.25, 0.3) is 6.71 Å². The highest BCUT2D eigenvalue weighted by Crippen LogP contribution is 2.51. The van der Waals surface area contributed by atoms with Crippen molar-refractivity contribution in [1.82, 2.24) is 0 Å². The Morgan fingerprint density at radius 2 is 1.12 bits per heavy atom. The van der Waals surface area contributed by atoms with Crippen molar-refractivity contribution in [2.75, 3.05) is 14.7 Å². The number of nitrogens with zero attached hydrogens (tertiary/aromatic N) is 3. The summed E-state index contributed by atoms with van der Waals surface area (Å²) >= 11 is 0. The molecule has 0 fully saturated rings. The maximum atomic E-state index is 2.65. The third-order valence-electron chi connectivity index (χ3n) is 14.0. The Morgan fingerprint density at radius 1 is 0.525 bits per heavy atom. The summed E-state index contributed by atoms with van der Waals surface area (Å²) in [5.41, 5.74) is 24.9. The summed E-state index contributed by atoms with van der Waals surface area (Å²) in [4.78, 5) is 7.71. The Labute approximate surface area is 352 Å². The molecule has 4 aliphatic rings. The SMILES string of the molecule is Cc1cc(C)c(N2c3cc(N(C4=CCCC=C4)c4ccccc4)ccc3B3c4cc5c(cc4N(c4c(C)cccc4C)c4cccc2c43)C(C)(C)CCC5(C)C)c(C)c1. The lowest BCUT2D eigenvalue weighted by atomic mass is 9.33. The van der Waals surface area contributed by atoms with Crippen LogP contribution < -0.4 is 31.1 Å². The Balaban J connectivity index is 1.32. The molecule has 0 radical (unpaired) electrons. The van der Waals surface area contributed by atoms with Crippen molar-refractivity contribution < 1.29 is 0 Å². The highest BCUT2D eigenvalue weighted by molar-refractivity contribution is 7.00. The molecule has 0 unspecified atom stereocenters. The normalized spacial score (nSPS) is 16.8. The first-order valence-corrected chi connectivity index (χ1v) is 21.8. The van der Waals surface area contributed by atoms with Crippen LogP contribution in [0.4, 0.5) is 45.5 Å². The number of anilines is 8. The molecule has 6 aromatic carbocycles. The van der Waals surface area contributed by atoms with E-state index < -0.39 is 0 Å². The van der Waals surface area contributed by atoms with Crippen LogP contribution in [0.5, 0.6) is 0 Å². The van der Waals surface area contributed by atoms with Crippen molar-refractivity contribution >= 4 is 68.6 Å². The number of para-hydroxylation sites is 2. The Bertz CT molecular complexity index is 2710. The summed E-state index contributed by atoms with van der Waals surface area (Å²) in [6.07, 6.45) is 11.5. The van der Waals surface area contributed by atoms with Crippen LogP contribution in [-0.2, 0) is 10.8 Å². The van der Waals surface area contributed by atoms with Crippen LogP contribution in [0.25, 0.3) is 0 Å². The summed E-state index contributed by atoms with van der Waals surface area (Å²) in [5.74, 6) is 0. The molecule has 6 aromatic rings. The second kappa shape index (κ2) is 13.7. The van der Waals surface area contributed by atoms with E-state index in [1.54, 1.807) is 0 Å². The van der Waals surface area contributed by atoms with E-state index in [0.717, 1.165) is 12.8 Å².